The summed E-state index contributed by atoms with van der Waals surface area (Å²) in [5.74, 6) is 0.674. The van der Waals surface area contributed by atoms with Crippen LogP contribution in [0.2, 0.25) is 0 Å². The van der Waals surface area contributed by atoms with Crippen molar-refractivity contribution in [3.8, 4) is 11.5 Å². The molecule has 0 aliphatic rings. The molecule has 0 spiro atoms. The van der Waals surface area contributed by atoms with Crippen LogP contribution in [-0.4, -0.2) is 29.4 Å². The second-order valence-electron chi connectivity index (χ2n) is 7.35. The molecule has 2 aromatic carbocycles. The normalized spacial score (nSPS) is 11.0. The van der Waals surface area contributed by atoms with Crippen molar-refractivity contribution in [1.82, 2.24) is 9.99 Å². The summed E-state index contributed by atoms with van der Waals surface area (Å²) in [6.07, 6.45) is 3.17. The molecule has 1 aromatic heterocycles. The average Bonchev–Trinajstić information content (AvgIpc) is 2.77. The molecule has 1 amide bonds. The molecule has 3 aromatic rings. The van der Waals surface area contributed by atoms with Gasteiger partial charge in [-0.3, -0.25) is 9.59 Å². The predicted octanol–water partition coefficient (Wildman–Crippen LogP) is 3.85. The zero-order chi connectivity index (χ0) is 22.9. The number of carbonyl (C=O) groups is 1. The summed E-state index contributed by atoms with van der Waals surface area (Å²) in [4.78, 5) is 25.2. The van der Waals surface area contributed by atoms with Crippen LogP contribution in [0.4, 0.5) is 0 Å². The number of hydrazone groups is 1. The molecule has 1 N–H and O–H groups in total. The van der Waals surface area contributed by atoms with Crippen LogP contribution in [0.5, 0.6) is 11.5 Å². The number of hydrogen-bond acceptors (Lipinski definition) is 5. The third kappa shape index (κ3) is 6.07. The summed E-state index contributed by atoms with van der Waals surface area (Å²) in [5, 5.41) is 4.00. The number of benzene rings is 2. The Balaban J connectivity index is 1.71. The van der Waals surface area contributed by atoms with Gasteiger partial charge < -0.3 is 14.0 Å². The molecule has 0 aliphatic carbocycles. The molecule has 166 valence electrons. The van der Waals surface area contributed by atoms with Gasteiger partial charge in [0.15, 0.2) is 11.5 Å². The molecule has 0 saturated heterocycles. The van der Waals surface area contributed by atoms with Crippen LogP contribution in [0.3, 0.4) is 0 Å². The fraction of sp³-hybridized carbons (Fsp3) is 0.240. The summed E-state index contributed by atoms with van der Waals surface area (Å²) >= 11 is 0. The number of nitrogens with one attached hydrogen (secondary N) is 1. The minimum atomic E-state index is -0.571. The predicted molar refractivity (Wildman–Crippen MR) is 125 cm³/mol. The lowest BCUT2D eigenvalue weighted by Crippen LogP contribution is -2.30. The monoisotopic (exact) mass is 433 g/mol. The Kier molecular flexibility index (Phi) is 7.80. The maximum absolute atomic E-state index is 12.7. The zero-order valence-corrected chi connectivity index (χ0v) is 18.4. The molecule has 0 saturated carbocycles. The molecule has 0 unspecified atom stereocenters. The number of amides is 1. The van der Waals surface area contributed by atoms with Crippen molar-refractivity contribution < 1.29 is 14.3 Å². The number of rotatable bonds is 9. The molecule has 0 radical (unpaired) electrons. The third-order valence-electron chi connectivity index (χ3n) is 4.47. The second kappa shape index (κ2) is 10.9. The second-order valence-corrected chi connectivity index (χ2v) is 7.35. The van der Waals surface area contributed by atoms with Crippen molar-refractivity contribution in [2.24, 2.45) is 5.10 Å². The smallest absolute Gasteiger partial charge is 0.276 e. The van der Waals surface area contributed by atoms with Crippen molar-refractivity contribution in [3.05, 3.63) is 93.9 Å². The first-order valence-electron chi connectivity index (χ1n) is 10.5. The molecule has 0 aliphatic heterocycles. The van der Waals surface area contributed by atoms with E-state index in [4.69, 9.17) is 9.47 Å². The summed E-state index contributed by atoms with van der Waals surface area (Å²) in [5.41, 5.74) is 3.76. The third-order valence-corrected chi connectivity index (χ3v) is 4.47. The molecule has 7 heteroatoms. The zero-order valence-electron chi connectivity index (χ0n) is 18.4. The quantitative estimate of drug-likeness (QED) is 0.411. The SMILES string of the molecule is CCOc1cc(/C=N\NC(=O)c2cccn(Cc3ccccc3)c2=O)ccc1OC(C)C. The number of ether oxygens (including phenoxy) is 2. The van der Waals surface area contributed by atoms with E-state index in [2.05, 4.69) is 10.5 Å². The molecular formula is C25H27N3O4. The Morgan fingerprint density at radius 3 is 2.59 bits per heavy atom. The standard InChI is InChI=1S/C25H27N3O4/c1-4-31-23-15-20(12-13-22(23)32-18(2)3)16-26-27-24(29)21-11-8-14-28(25(21)30)17-19-9-6-5-7-10-19/h5-16,18H,4,17H2,1-3H3,(H,27,29)/b26-16-. The van der Waals surface area contributed by atoms with Crippen molar-refractivity contribution in [3.63, 3.8) is 0 Å². The molecule has 3 rings (SSSR count). The van der Waals surface area contributed by atoms with Crippen LogP contribution in [0.15, 0.2) is 76.8 Å². The van der Waals surface area contributed by atoms with Crippen molar-refractivity contribution in [1.29, 1.82) is 0 Å². The van der Waals surface area contributed by atoms with Crippen LogP contribution in [0.1, 0.15) is 42.3 Å². The maximum atomic E-state index is 12.7. The lowest BCUT2D eigenvalue weighted by atomic mass is 10.2. The van der Waals surface area contributed by atoms with E-state index in [0.29, 0.717) is 24.7 Å². The van der Waals surface area contributed by atoms with Gasteiger partial charge in [-0.15, -0.1) is 0 Å². The summed E-state index contributed by atoms with van der Waals surface area (Å²) < 4.78 is 12.9. The van der Waals surface area contributed by atoms with Crippen LogP contribution >= 0.6 is 0 Å². The van der Waals surface area contributed by atoms with E-state index in [1.54, 1.807) is 24.4 Å². The summed E-state index contributed by atoms with van der Waals surface area (Å²) in [7, 11) is 0. The van der Waals surface area contributed by atoms with Gasteiger partial charge >= 0.3 is 0 Å². The van der Waals surface area contributed by atoms with Gasteiger partial charge in [-0.1, -0.05) is 30.3 Å². The first-order valence-corrected chi connectivity index (χ1v) is 10.5. The van der Waals surface area contributed by atoms with E-state index in [1.807, 2.05) is 57.2 Å². The fourth-order valence-corrected chi connectivity index (χ4v) is 3.06. The fourth-order valence-electron chi connectivity index (χ4n) is 3.06. The number of nitrogens with zero attached hydrogens (tertiary/aromatic N) is 2. The van der Waals surface area contributed by atoms with E-state index in [-0.39, 0.29) is 17.2 Å². The molecule has 0 bridgehead atoms. The van der Waals surface area contributed by atoms with Gasteiger partial charge in [0.2, 0.25) is 0 Å². The first kappa shape index (κ1) is 22.8. The molecule has 0 atom stereocenters. The average molecular weight is 434 g/mol. The van der Waals surface area contributed by atoms with Gasteiger partial charge in [-0.25, -0.2) is 5.43 Å². The van der Waals surface area contributed by atoms with Gasteiger partial charge in [-0.2, -0.15) is 5.10 Å². The van der Waals surface area contributed by atoms with Crippen molar-refractivity contribution in [2.75, 3.05) is 6.61 Å². The number of hydrogen-bond donors (Lipinski definition) is 1. The van der Waals surface area contributed by atoms with Gasteiger partial charge in [0.05, 0.1) is 25.5 Å². The Morgan fingerprint density at radius 1 is 1.09 bits per heavy atom. The minimum absolute atomic E-state index is 0.0184. The number of carbonyl (C=O) groups excluding carboxylic acids is 1. The highest BCUT2D eigenvalue weighted by atomic mass is 16.5. The maximum Gasteiger partial charge on any atom is 0.276 e. The van der Waals surface area contributed by atoms with Crippen LogP contribution in [0, 0.1) is 0 Å². The van der Waals surface area contributed by atoms with Gasteiger partial charge in [0.1, 0.15) is 5.56 Å². The highest BCUT2D eigenvalue weighted by Gasteiger charge is 2.12. The Hall–Kier alpha value is -3.87. The van der Waals surface area contributed by atoms with E-state index >= 15 is 0 Å². The Morgan fingerprint density at radius 2 is 1.88 bits per heavy atom. The highest BCUT2D eigenvalue weighted by Crippen LogP contribution is 2.28. The van der Waals surface area contributed by atoms with Crippen LogP contribution in [0.25, 0.3) is 0 Å². The molecular weight excluding hydrogens is 406 g/mol. The minimum Gasteiger partial charge on any atom is -0.490 e. The van der Waals surface area contributed by atoms with Crippen molar-refractivity contribution >= 4 is 12.1 Å². The van der Waals surface area contributed by atoms with Crippen LogP contribution < -0.4 is 20.5 Å². The first-order chi connectivity index (χ1) is 15.5. The van der Waals surface area contributed by atoms with Gasteiger partial charge in [0.25, 0.3) is 11.5 Å². The largest absolute Gasteiger partial charge is 0.490 e. The number of pyridine rings is 1. The van der Waals surface area contributed by atoms with E-state index in [0.717, 1.165) is 11.1 Å². The lowest BCUT2D eigenvalue weighted by Gasteiger charge is -2.14. The number of aromatic nitrogens is 1. The van der Waals surface area contributed by atoms with E-state index in [1.165, 1.54) is 16.8 Å². The topological polar surface area (TPSA) is 81.9 Å². The Labute approximate surface area is 187 Å². The lowest BCUT2D eigenvalue weighted by molar-refractivity contribution is 0.0953. The summed E-state index contributed by atoms with van der Waals surface area (Å²) in [6, 6.07) is 18.1. The van der Waals surface area contributed by atoms with Crippen LogP contribution in [-0.2, 0) is 6.54 Å². The molecule has 32 heavy (non-hydrogen) atoms. The Bertz CT molecular complexity index is 1140. The van der Waals surface area contributed by atoms with E-state index in [9.17, 15) is 9.59 Å². The van der Waals surface area contributed by atoms with Crippen molar-refractivity contribution in [2.45, 2.75) is 33.4 Å². The van der Waals surface area contributed by atoms with Gasteiger partial charge in [0, 0.05) is 6.20 Å². The molecule has 7 nitrogen and oxygen atoms in total. The summed E-state index contributed by atoms with van der Waals surface area (Å²) in [6.45, 7) is 6.66. The molecule has 0 fully saturated rings. The van der Waals surface area contributed by atoms with Gasteiger partial charge in [-0.05, 0) is 62.2 Å². The molecule has 1 heterocycles. The highest BCUT2D eigenvalue weighted by molar-refractivity contribution is 5.94. The van der Waals surface area contributed by atoms with E-state index < -0.39 is 5.91 Å².